The predicted octanol–water partition coefficient (Wildman–Crippen LogP) is 2.89. The molecule has 0 saturated carbocycles. The van der Waals surface area contributed by atoms with E-state index in [2.05, 4.69) is 16.8 Å². The topological polar surface area (TPSA) is 129 Å². The summed E-state index contributed by atoms with van der Waals surface area (Å²) in [4.78, 5) is 36.9. The number of carboxylic acids is 1. The van der Waals surface area contributed by atoms with Crippen LogP contribution in [-0.4, -0.2) is 101 Å². The number of carbonyl (C=O) groups excluding carboxylic acids is 1. The molecule has 3 atom stereocenters. The van der Waals surface area contributed by atoms with E-state index in [9.17, 15) is 19.8 Å². The van der Waals surface area contributed by atoms with Gasteiger partial charge in [0.1, 0.15) is 5.76 Å². The van der Waals surface area contributed by atoms with Gasteiger partial charge in [0.25, 0.3) is 0 Å². The summed E-state index contributed by atoms with van der Waals surface area (Å²) in [5.74, 6) is 0.165. The first-order valence-electron chi connectivity index (χ1n) is 14.6. The number of benzene rings is 1. The highest BCUT2D eigenvalue weighted by Gasteiger charge is 2.47. The molecule has 2 aromatic rings. The number of aryl methyl sites for hydroxylation is 2. The molecule has 1 saturated heterocycles. The Labute approximate surface area is 242 Å². The van der Waals surface area contributed by atoms with E-state index in [4.69, 9.17) is 13.9 Å². The van der Waals surface area contributed by atoms with Crippen molar-refractivity contribution in [3.8, 4) is 11.5 Å². The Morgan fingerprint density at radius 2 is 1.93 bits per heavy atom. The lowest BCUT2D eigenvalue weighted by molar-refractivity contribution is -0.143. The summed E-state index contributed by atoms with van der Waals surface area (Å²) in [6, 6.07) is 3.21. The van der Waals surface area contributed by atoms with Crippen LogP contribution in [0.2, 0.25) is 0 Å². The smallest absolute Gasteiger partial charge is 0.308 e. The highest BCUT2D eigenvalue weighted by Crippen LogP contribution is 2.44. The first kappa shape index (κ1) is 30.8. The molecule has 0 unspecified atom stereocenters. The first-order valence-corrected chi connectivity index (χ1v) is 14.6. The average Bonchev–Trinajstić information content (AvgIpc) is 3.66. The fourth-order valence-electron chi connectivity index (χ4n) is 5.98. The maximum Gasteiger partial charge on any atom is 0.308 e. The summed E-state index contributed by atoms with van der Waals surface area (Å²) in [5, 5.41) is 20.5. The maximum atomic E-state index is 13.7. The molecule has 2 N–H and O–H groups in total. The van der Waals surface area contributed by atoms with Crippen molar-refractivity contribution < 1.29 is 33.7 Å². The van der Waals surface area contributed by atoms with Crippen molar-refractivity contribution >= 4 is 11.9 Å². The number of aliphatic hydroxyl groups excluding tert-OH is 1. The lowest BCUT2D eigenvalue weighted by Gasteiger charge is -2.30. The van der Waals surface area contributed by atoms with Crippen molar-refractivity contribution in [3.05, 3.63) is 41.1 Å². The number of hydrogen-bond donors (Lipinski definition) is 2. The molecule has 41 heavy (non-hydrogen) atoms. The third-order valence-corrected chi connectivity index (χ3v) is 8.03. The summed E-state index contributed by atoms with van der Waals surface area (Å²) >= 11 is 0. The Bertz CT molecular complexity index is 1180. The minimum absolute atomic E-state index is 0.0145. The van der Waals surface area contributed by atoms with Gasteiger partial charge in [-0.2, -0.15) is 0 Å². The molecule has 226 valence electrons. The predicted molar refractivity (Wildman–Crippen MR) is 152 cm³/mol. The number of aliphatic hydroxyl groups is 1. The van der Waals surface area contributed by atoms with E-state index in [1.165, 1.54) is 0 Å². The summed E-state index contributed by atoms with van der Waals surface area (Å²) in [5.41, 5.74) is 1.32. The lowest BCUT2D eigenvalue weighted by atomic mass is 9.83. The summed E-state index contributed by atoms with van der Waals surface area (Å²) in [6.45, 7) is 6.50. The van der Waals surface area contributed by atoms with Gasteiger partial charge in [-0.15, -0.1) is 0 Å². The standard InChI is InChI=1S/C30H44N4O7/c1-5-6-11-33(12-7-10-32(3)4)27(36)17-34-16-23(21-13-22(18-35)29-25(14-21)39-19-40-29)28(30(37)38)24(34)8-9-26-31-15-20(2)41-26/h13-15,23-24,28,35H,5-12,16-19H2,1-4H3,(H,37,38)/t23-,24+,28-/m1/s1. The molecule has 2 aliphatic rings. The number of nitrogens with zero attached hydrogens (tertiary/aromatic N) is 4. The molecular weight excluding hydrogens is 528 g/mol. The van der Waals surface area contributed by atoms with Gasteiger partial charge in [-0.3, -0.25) is 14.5 Å². The van der Waals surface area contributed by atoms with Gasteiger partial charge in [0.15, 0.2) is 17.4 Å². The number of aliphatic carboxylic acids is 1. The fraction of sp³-hybridized carbons (Fsp3) is 0.633. The third kappa shape index (κ3) is 7.58. The van der Waals surface area contributed by atoms with Gasteiger partial charge < -0.3 is 33.9 Å². The highest BCUT2D eigenvalue weighted by molar-refractivity contribution is 5.79. The van der Waals surface area contributed by atoms with E-state index >= 15 is 0 Å². The second kappa shape index (κ2) is 14.2. The van der Waals surface area contributed by atoms with Gasteiger partial charge in [-0.25, -0.2) is 4.98 Å². The number of rotatable bonds is 15. The summed E-state index contributed by atoms with van der Waals surface area (Å²) in [6.07, 6.45) is 5.38. The van der Waals surface area contributed by atoms with E-state index in [-0.39, 0.29) is 25.9 Å². The SMILES string of the molecule is CCCCN(CCCN(C)C)C(=O)CN1C[C@H](c2cc(CO)c3c(c2)OCO3)[C@@H](C(=O)O)[C@@H]1CCc1ncc(C)o1. The molecule has 1 fully saturated rings. The third-order valence-electron chi connectivity index (χ3n) is 8.03. The van der Waals surface area contributed by atoms with Gasteiger partial charge in [0.05, 0.1) is 25.3 Å². The van der Waals surface area contributed by atoms with E-state index in [0.29, 0.717) is 61.2 Å². The monoisotopic (exact) mass is 572 g/mol. The average molecular weight is 573 g/mol. The molecule has 3 heterocycles. The number of fused-ring (bicyclic) bond motifs is 1. The minimum atomic E-state index is -0.921. The maximum absolute atomic E-state index is 13.7. The Kier molecular flexibility index (Phi) is 10.6. The number of aromatic nitrogens is 1. The first-order chi connectivity index (χ1) is 19.7. The number of hydrogen-bond acceptors (Lipinski definition) is 9. The molecule has 0 radical (unpaired) electrons. The number of ether oxygens (including phenoxy) is 2. The Morgan fingerprint density at radius 3 is 2.59 bits per heavy atom. The zero-order valence-corrected chi connectivity index (χ0v) is 24.7. The van der Waals surface area contributed by atoms with E-state index < -0.39 is 23.8 Å². The van der Waals surface area contributed by atoms with Crippen LogP contribution in [0.15, 0.2) is 22.7 Å². The quantitative estimate of drug-likeness (QED) is 0.329. The number of carbonyl (C=O) groups is 2. The molecule has 0 spiro atoms. The molecule has 1 aromatic heterocycles. The van der Waals surface area contributed by atoms with Crippen LogP contribution >= 0.6 is 0 Å². The van der Waals surface area contributed by atoms with Crippen molar-refractivity contribution in [2.24, 2.45) is 5.92 Å². The van der Waals surface area contributed by atoms with E-state index in [1.54, 1.807) is 6.20 Å². The Balaban J connectivity index is 1.61. The van der Waals surface area contributed by atoms with Crippen LogP contribution in [0.4, 0.5) is 0 Å². The van der Waals surface area contributed by atoms with Crippen molar-refractivity contribution in [2.75, 3.05) is 53.6 Å². The number of amides is 1. The van der Waals surface area contributed by atoms with Crippen molar-refractivity contribution in [3.63, 3.8) is 0 Å². The van der Waals surface area contributed by atoms with Crippen LogP contribution in [0.1, 0.15) is 61.3 Å². The molecular formula is C30H44N4O7. The number of carboxylic acid groups (broad SMARTS) is 1. The molecule has 0 aliphatic carbocycles. The summed E-state index contributed by atoms with van der Waals surface area (Å²) < 4.78 is 16.8. The molecule has 2 aliphatic heterocycles. The van der Waals surface area contributed by atoms with Crippen LogP contribution in [0.5, 0.6) is 11.5 Å². The van der Waals surface area contributed by atoms with Crippen molar-refractivity contribution in [1.82, 2.24) is 19.7 Å². The Morgan fingerprint density at radius 1 is 1.15 bits per heavy atom. The molecule has 1 amide bonds. The fourth-order valence-corrected chi connectivity index (χ4v) is 5.98. The molecule has 11 nitrogen and oxygen atoms in total. The lowest BCUT2D eigenvalue weighted by Crippen LogP contribution is -2.45. The van der Waals surface area contributed by atoms with Crippen LogP contribution in [0.3, 0.4) is 0 Å². The van der Waals surface area contributed by atoms with Crippen LogP contribution in [-0.2, 0) is 22.6 Å². The van der Waals surface area contributed by atoms with Gasteiger partial charge >= 0.3 is 5.97 Å². The molecule has 0 bridgehead atoms. The van der Waals surface area contributed by atoms with Gasteiger partial charge in [0, 0.05) is 43.6 Å². The van der Waals surface area contributed by atoms with Crippen molar-refractivity contribution in [1.29, 1.82) is 0 Å². The van der Waals surface area contributed by atoms with Gasteiger partial charge in [0.2, 0.25) is 12.7 Å². The summed E-state index contributed by atoms with van der Waals surface area (Å²) in [7, 11) is 4.04. The molecule has 1 aromatic carbocycles. The van der Waals surface area contributed by atoms with Gasteiger partial charge in [-0.05, 0) is 64.5 Å². The van der Waals surface area contributed by atoms with Crippen molar-refractivity contribution in [2.45, 2.75) is 64.5 Å². The zero-order chi connectivity index (χ0) is 29.5. The van der Waals surface area contributed by atoms with E-state index in [0.717, 1.165) is 31.4 Å². The largest absolute Gasteiger partial charge is 0.481 e. The normalized spacial score (nSPS) is 20.2. The number of oxazole rings is 1. The van der Waals surface area contributed by atoms with Crippen LogP contribution in [0.25, 0.3) is 0 Å². The van der Waals surface area contributed by atoms with Gasteiger partial charge in [-0.1, -0.05) is 13.3 Å². The van der Waals surface area contributed by atoms with Crippen LogP contribution in [0, 0.1) is 12.8 Å². The van der Waals surface area contributed by atoms with Crippen LogP contribution < -0.4 is 9.47 Å². The molecule has 4 rings (SSSR count). The second-order valence-corrected chi connectivity index (χ2v) is 11.3. The molecule has 11 heteroatoms. The number of likely N-dealkylation sites (tertiary alicyclic amines) is 1. The Hall–Kier alpha value is -3.15. The number of unbranched alkanes of at least 4 members (excludes halogenated alkanes) is 1. The second-order valence-electron chi connectivity index (χ2n) is 11.3. The van der Waals surface area contributed by atoms with E-state index in [1.807, 2.05) is 43.0 Å². The zero-order valence-electron chi connectivity index (χ0n) is 24.7. The minimum Gasteiger partial charge on any atom is -0.481 e. The highest BCUT2D eigenvalue weighted by atomic mass is 16.7.